The Bertz CT molecular complexity index is 1220. The number of aromatic nitrogens is 1. The molecule has 1 amide bonds. The summed E-state index contributed by atoms with van der Waals surface area (Å²) in [5.74, 6) is -0.556. The van der Waals surface area contributed by atoms with Gasteiger partial charge in [0, 0.05) is 23.6 Å². The lowest BCUT2D eigenvalue weighted by atomic mass is 9.96. The monoisotopic (exact) mass is 458 g/mol. The van der Waals surface area contributed by atoms with Crippen LogP contribution in [-0.4, -0.2) is 34.5 Å². The largest absolute Gasteiger partial charge is 0.507 e. The molecule has 1 aliphatic heterocycles. The van der Waals surface area contributed by atoms with Gasteiger partial charge in [0.2, 0.25) is 0 Å². The second-order valence-corrected chi connectivity index (χ2v) is 8.08. The van der Waals surface area contributed by atoms with Gasteiger partial charge < -0.3 is 14.6 Å². The van der Waals surface area contributed by atoms with Gasteiger partial charge in [-0.1, -0.05) is 18.2 Å². The number of carbonyl (C=O) groups excluding carboxylic acids is 2. The number of hydrogen-bond donors (Lipinski definition) is 1. The van der Waals surface area contributed by atoms with Crippen molar-refractivity contribution >= 4 is 23.1 Å². The molecule has 1 unspecified atom stereocenters. The molecule has 1 aliphatic rings. The molecule has 0 saturated carbocycles. The maximum absolute atomic E-state index is 13.2. The van der Waals surface area contributed by atoms with Crippen molar-refractivity contribution in [2.75, 3.05) is 11.5 Å². The van der Waals surface area contributed by atoms with Gasteiger partial charge in [-0.2, -0.15) is 0 Å². The van der Waals surface area contributed by atoms with Gasteiger partial charge in [0.25, 0.3) is 11.7 Å². The third-order valence-electron chi connectivity index (χ3n) is 5.35. The maximum atomic E-state index is 13.2. The molecule has 2 heterocycles. The third-order valence-corrected chi connectivity index (χ3v) is 5.35. The maximum Gasteiger partial charge on any atom is 0.300 e. The third kappa shape index (κ3) is 4.50. The van der Waals surface area contributed by atoms with Crippen molar-refractivity contribution in [2.24, 2.45) is 0 Å². The Morgan fingerprint density at radius 1 is 1.06 bits per heavy atom. The number of Topliss-reactive ketones (excluding diaryl/α,β-unsaturated/α-hetero) is 1. The fourth-order valence-corrected chi connectivity index (χ4v) is 3.97. The summed E-state index contributed by atoms with van der Waals surface area (Å²) in [6, 6.07) is 16.4. The van der Waals surface area contributed by atoms with Crippen molar-refractivity contribution in [3.8, 4) is 11.5 Å². The molecule has 2 aromatic carbocycles. The summed E-state index contributed by atoms with van der Waals surface area (Å²) >= 11 is 0. The molecule has 0 aliphatic carbocycles. The van der Waals surface area contributed by atoms with E-state index in [0.717, 1.165) is 0 Å². The Hall–Kier alpha value is -4.13. The number of carbonyl (C=O) groups is 2. The SMILES string of the molecule is CCOc1ccc(N2C(=O)C(=O)/C(=C(\O)c3cccc(OC(C)C)c3)C2c2cccnc2)cc1. The second-order valence-electron chi connectivity index (χ2n) is 8.08. The molecule has 0 spiro atoms. The number of rotatable bonds is 7. The molecule has 1 atom stereocenters. The van der Waals surface area contributed by atoms with Crippen LogP contribution in [0.2, 0.25) is 0 Å². The van der Waals surface area contributed by atoms with Crippen LogP contribution in [0.5, 0.6) is 11.5 Å². The van der Waals surface area contributed by atoms with E-state index in [1.807, 2.05) is 20.8 Å². The van der Waals surface area contributed by atoms with Crippen molar-refractivity contribution in [3.05, 3.63) is 89.8 Å². The zero-order valence-corrected chi connectivity index (χ0v) is 19.3. The van der Waals surface area contributed by atoms with Crippen LogP contribution in [0.25, 0.3) is 5.76 Å². The molecular weight excluding hydrogens is 432 g/mol. The minimum Gasteiger partial charge on any atom is -0.507 e. The van der Waals surface area contributed by atoms with Gasteiger partial charge in [-0.05, 0) is 68.8 Å². The van der Waals surface area contributed by atoms with E-state index < -0.39 is 17.7 Å². The van der Waals surface area contributed by atoms with Crippen molar-refractivity contribution in [1.82, 2.24) is 4.98 Å². The minimum absolute atomic E-state index is 0.00594. The predicted octanol–water partition coefficient (Wildman–Crippen LogP) is 4.89. The van der Waals surface area contributed by atoms with Gasteiger partial charge in [-0.25, -0.2) is 0 Å². The van der Waals surface area contributed by atoms with Gasteiger partial charge in [0.15, 0.2) is 0 Å². The highest BCUT2D eigenvalue weighted by molar-refractivity contribution is 6.51. The first-order valence-electron chi connectivity index (χ1n) is 11.1. The van der Waals surface area contributed by atoms with Crippen molar-refractivity contribution in [1.29, 1.82) is 0 Å². The molecule has 0 bridgehead atoms. The van der Waals surface area contributed by atoms with E-state index in [1.165, 1.54) is 4.90 Å². The Balaban J connectivity index is 1.85. The number of benzene rings is 2. The molecule has 4 rings (SSSR count). The summed E-state index contributed by atoms with van der Waals surface area (Å²) in [4.78, 5) is 32.0. The van der Waals surface area contributed by atoms with Crippen molar-refractivity contribution in [3.63, 3.8) is 0 Å². The lowest BCUT2D eigenvalue weighted by molar-refractivity contribution is -0.132. The number of amides is 1. The Morgan fingerprint density at radius 2 is 1.82 bits per heavy atom. The summed E-state index contributed by atoms with van der Waals surface area (Å²) < 4.78 is 11.2. The first-order chi connectivity index (χ1) is 16.4. The van der Waals surface area contributed by atoms with E-state index in [-0.39, 0.29) is 17.4 Å². The highest BCUT2D eigenvalue weighted by Crippen LogP contribution is 2.42. The summed E-state index contributed by atoms with van der Waals surface area (Å²) in [6.45, 7) is 6.20. The van der Waals surface area contributed by atoms with Crippen LogP contribution in [0.1, 0.15) is 37.9 Å². The number of aliphatic hydroxyl groups is 1. The zero-order chi connectivity index (χ0) is 24.2. The normalized spacial score (nSPS) is 17.3. The number of pyridine rings is 1. The first-order valence-corrected chi connectivity index (χ1v) is 11.1. The summed E-state index contributed by atoms with van der Waals surface area (Å²) in [5.41, 5.74) is 1.49. The Morgan fingerprint density at radius 3 is 2.47 bits per heavy atom. The van der Waals surface area contributed by atoms with Crippen molar-refractivity contribution < 1.29 is 24.2 Å². The van der Waals surface area contributed by atoms with Gasteiger partial charge in [0.05, 0.1) is 24.3 Å². The highest BCUT2D eigenvalue weighted by atomic mass is 16.5. The van der Waals surface area contributed by atoms with Gasteiger partial charge in [-0.15, -0.1) is 0 Å². The molecular formula is C27H26N2O5. The number of nitrogens with zero attached hydrogens (tertiary/aromatic N) is 2. The van der Waals surface area contributed by atoms with Crippen LogP contribution in [-0.2, 0) is 9.59 Å². The quantitative estimate of drug-likeness (QED) is 0.308. The summed E-state index contributed by atoms with van der Waals surface area (Å²) in [7, 11) is 0. The molecule has 7 heteroatoms. The van der Waals surface area contributed by atoms with Gasteiger partial charge >= 0.3 is 0 Å². The first kappa shape index (κ1) is 23.0. The highest BCUT2D eigenvalue weighted by Gasteiger charge is 2.47. The lowest BCUT2D eigenvalue weighted by Crippen LogP contribution is -2.29. The summed E-state index contributed by atoms with van der Waals surface area (Å²) in [6.07, 6.45) is 3.14. The molecule has 1 saturated heterocycles. The Labute approximate surface area is 198 Å². The summed E-state index contributed by atoms with van der Waals surface area (Å²) in [5, 5.41) is 11.3. The molecule has 1 fully saturated rings. The molecule has 0 radical (unpaired) electrons. The van der Waals surface area contributed by atoms with Crippen LogP contribution in [0.15, 0.2) is 78.6 Å². The number of aliphatic hydroxyl groups excluding tert-OH is 1. The van der Waals surface area contributed by atoms with Crippen LogP contribution in [0, 0.1) is 0 Å². The number of ether oxygens (including phenoxy) is 2. The molecule has 1 aromatic heterocycles. The zero-order valence-electron chi connectivity index (χ0n) is 19.3. The molecule has 1 N–H and O–H groups in total. The van der Waals surface area contributed by atoms with E-state index in [4.69, 9.17) is 9.47 Å². The minimum atomic E-state index is -0.846. The molecule has 3 aromatic rings. The molecule has 34 heavy (non-hydrogen) atoms. The van der Waals surface area contributed by atoms with Crippen LogP contribution in [0.4, 0.5) is 5.69 Å². The Kier molecular flexibility index (Phi) is 6.63. The predicted molar refractivity (Wildman–Crippen MR) is 129 cm³/mol. The van der Waals surface area contributed by atoms with Gasteiger partial charge in [-0.3, -0.25) is 19.5 Å². The van der Waals surface area contributed by atoms with E-state index in [2.05, 4.69) is 4.98 Å². The fraction of sp³-hybridized carbons (Fsp3) is 0.222. The standard InChI is InChI=1S/C27H26N2O5/c1-4-33-21-12-10-20(11-13-21)29-24(19-8-6-14-28-16-19)23(26(31)27(29)32)25(30)18-7-5-9-22(15-18)34-17(2)3/h5-17,24,30H,4H2,1-3H3/b25-23-. The smallest absolute Gasteiger partial charge is 0.300 e. The number of ketones is 1. The number of anilines is 1. The number of hydrogen-bond acceptors (Lipinski definition) is 6. The average Bonchev–Trinajstić information content (AvgIpc) is 3.10. The van der Waals surface area contributed by atoms with E-state index in [9.17, 15) is 14.7 Å². The fourth-order valence-electron chi connectivity index (χ4n) is 3.97. The lowest BCUT2D eigenvalue weighted by Gasteiger charge is -2.25. The van der Waals surface area contributed by atoms with E-state index in [0.29, 0.717) is 34.9 Å². The topological polar surface area (TPSA) is 89.0 Å². The molecule has 7 nitrogen and oxygen atoms in total. The van der Waals surface area contributed by atoms with Crippen LogP contribution >= 0.6 is 0 Å². The van der Waals surface area contributed by atoms with Crippen molar-refractivity contribution in [2.45, 2.75) is 32.9 Å². The average molecular weight is 459 g/mol. The van der Waals surface area contributed by atoms with Crippen LogP contribution < -0.4 is 14.4 Å². The van der Waals surface area contributed by atoms with Gasteiger partial charge in [0.1, 0.15) is 17.3 Å². The van der Waals surface area contributed by atoms with E-state index >= 15 is 0 Å². The second kappa shape index (κ2) is 9.79. The molecule has 174 valence electrons. The van der Waals surface area contributed by atoms with Crippen LogP contribution in [0.3, 0.4) is 0 Å². The van der Waals surface area contributed by atoms with E-state index in [1.54, 1.807) is 73.1 Å².